The predicted octanol–water partition coefficient (Wildman–Crippen LogP) is 1.21. The van der Waals surface area contributed by atoms with Crippen molar-refractivity contribution in [3.8, 4) is 5.69 Å². The van der Waals surface area contributed by atoms with Gasteiger partial charge in [0.25, 0.3) is 0 Å². The Labute approximate surface area is 127 Å². The van der Waals surface area contributed by atoms with Crippen LogP contribution < -0.4 is 5.73 Å². The number of hydrogen-bond donors (Lipinski definition) is 1. The Kier molecular flexibility index (Phi) is 3.50. The summed E-state index contributed by atoms with van der Waals surface area (Å²) in [5.74, 6) is 0.0425. The number of rotatable bonds is 2. The molecule has 1 aromatic heterocycles. The number of nitrogens with two attached hydrogens (primary N) is 1. The molecule has 0 spiro atoms. The molecule has 6 nitrogen and oxygen atoms in total. The average molecular weight is 301 g/mol. The Hall–Kier alpha value is -2.54. The molecule has 3 rings (SSSR count). The Morgan fingerprint density at radius 2 is 2.05 bits per heavy atom. The number of aliphatic imine (C=N–C) groups is 1. The van der Waals surface area contributed by atoms with Crippen LogP contribution in [0.15, 0.2) is 35.3 Å². The van der Waals surface area contributed by atoms with Crippen molar-refractivity contribution in [2.24, 2.45) is 10.7 Å². The Morgan fingerprint density at radius 3 is 2.68 bits per heavy atom. The van der Waals surface area contributed by atoms with Gasteiger partial charge in [-0.25, -0.2) is 14.1 Å². The molecule has 0 aliphatic carbocycles. The summed E-state index contributed by atoms with van der Waals surface area (Å²) in [5, 5.41) is 4.41. The summed E-state index contributed by atoms with van der Waals surface area (Å²) < 4.78 is 14.7. The fraction of sp³-hybridized carbons (Fsp3) is 0.267. The van der Waals surface area contributed by atoms with E-state index < -0.39 is 6.17 Å². The highest BCUT2D eigenvalue weighted by atomic mass is 19.1. The van der Waals surface area contributed by atoms with Crippen molar-refractivity contribution in [3.63, 3.8) is 0 Å². The molecule has 2 aromatic rings. The lowest BCUT2D eigenvalue weighted by molar-refractivity contribution is -0.124. The quantitative estimate of drug-likeness (QED) is 0.906. The van der Waals surface area contributed by atoms with Gasteiger partial charge in [-0.1, -0.05) is 0 Å². The van der Waals surface area contributed by atoms with E-state index in [0.717, 1.165) is 5.69 Å². The van der Waals surface area contributed by atoms with Crippen molar-refractivity contribution in [1.29, 1.82) is 0 Å². The highest BCUT2D eigenvalue weighted by molar-refractivity contribution is 6.08. The molecule has 2 N–H and O–H groups in total. The van der Waals surface area contributed by atoms with E-state index in [1.54, 1.807) is 16.8 Å². The number of nitrogens with zero attached hydrogens (tertiary/aromatic N) is 4. The SMILES string of the molecule is CC(=O)N1CC(N)N=C1c1cc(C)nn1-c1ccc(F)cc1. The molecule has 2 heterocycles. The summed E-state index contributed by atoms with van der Waals surface area (Å²) >= 11 is 0. The van der Waals surface area contributed by atoms with E-state index in [-0.39, 0.29) is 11.7 Å². The second-order valence-electron chi connectivity index (χ2n) is 5.21. The largest absolute Gasteiger partial charge is 0.308 e. The van der Waals surface area contributed by atoms with E-state index in [2.05, 4.69) is 10.1 Å². The molecule has 1 aromatic carbocycles. The third-order valence-corrected chi connectivity index (χ3v) is 3.43. The first kappa shape index (κ1) is 14.4. The zero-order valence-electron chi connectivity index (χ0n) is 12.3. The number of aromatic nitrogens is 2. The summed E-state index contributed by atoms with van der Waals surface area (Å²) in [6, 6.07) is 7.80. The normalized spacial score (nSPS) is 17.7. The minimum absolute atomic E-state index is 0.129. The first-order valence-corrected chi connectivity index (χ1v) is 6.90. The molecule has 0 radical (unpaired) electrons. The highest BCUT2D eigenvalue weighted by Crippen LogP contribution is 2.19. The zero-order chi connectivity index (χ0) is 15.9. The van der Waals surface area contributed by atoms with E-state index in [0.29, 0.717) is 23.8 Å². The van der Waals surface area contributed by atoms with Crippen LogP contribution in [0, 0.1) is 12.7 Å². The van der Waals surface area contributed by atoms with Crippen LogP contribution in [0.5, 0.6) is 0 Å². The predicted molar refractivity (Wildman–Crippen MR) is 80.2 cm³/mol. The Balaban J connectivity index is 2.10. The molecule has 7 heteroatoms. The van der Waals surface area contributed by atoms with Crippen molar-refractivity contribution in [2.45, 2.75) is 20.0 Å². The van der Waals surface area contributed by atoms with Crippen LogP contribution in [0.3, 0.4) is 0 Å². The number of hydrogen-bond acceptors (Lipinski definition) is 4. The molecule has 1 unspecified atom stereocenters. The molecule has 1 amide bonds. The van der Waals surface area contributed by atoms with Crippen LogP contribution in [0.4, 0.5) is 4.39 Å². The van der Waals surface area contributed by atoms with Crippen LogP contribution in [-0.2, 0) is 4.79 Å². The van der Waals surface area contributed by atoms with E-state index >= 15 is 0 Å². The van der Waals surface area contributed by atoms with Crippen LogP contribution in [0.2, 0.25) is 0 Å². The van der Waals surface area contributed by atoms with Gasteiger partial charge < -0.3 is 5.73 Å². The lowest BCUT2D eigenvalue weighted by atomic mass is 10.2. The molecule has 0 bridgehead atoms. The molecule has 1 atom stereocenters. The summed E-state index contributed by atoms with van der Waals surface area (Å²) in [6.07, 6.45) is -0.448. The van der Waals surface area contributed by atoms with E-state index in [1.807, 2.05) is 13.0 Å². The lowest BCUT2D eigenvalue weighted by Crippen LogP contribution is -2.36. The molecular formula is C15H16FN5O. The van der Waals surface area contributed by atoms with Crippen LogP contribution in [-0.4, -0.2) is 39.1 Å². The third-order valence-electron chi connectivity index (χ3n) is 3.43. The molecule has 1 aliphatic rings. The molecule has 1 aliphatic heterocycles. The number of amides is 1. The maximum absolute atomic E-state index is 13.1. The standard InChI is InChI=1S/C15H16FN5O/c1-9-7-13(15-18-14(17)8-20(15)10(2)22)21(19-9)12-5-3-11(16)4-6-12/h3-7,14H,8,17H2,1-2H3. The summed E-state index contributed by atoms with van der Waals surface area (Å²) in [6.45, 7) is 3.66. The molecular weight excluding hydrogens is 285 g/mol. The van der Waals surface area contributed by atoms with E-state index in [9.17, 15) is 9.18 Å². The van der Waals surface area contributed by atoms with Gasteiger partial charge in [0, 0.05) is 6.92 Å². The fourth-order valence-electron chi connectivity index (χ4n) is 2.46. The first-order chi connectivity index (χ1) is 10.5. The van der Waals surface area contributed by atoms with Gasteiger partial charge in [-0.3, -0.25) is 9.69 Å². The minimum Gasteiger partial charge on any atom is -0.308 e. The van der Waals surface area contributed by atoms with Crippen molar-refractivity contribution in [3.05, 3.63) is 47.5 Å². The number of carbonyl (C=O) groups is 1. The number of benzene rings is 1. The fourth-order valence-corrected chi connectivity index (χ4v) is 2.46. The van der Waals surface area contributed by atoms with Crippen molar-refractivity contribution in [2.75, 3.05) is 6.54 Å². The second-order valence-corrected chi connectivity index (χ2v) is 5.21. The van der Waals surface area contributed by atoms with Gasteiger partial charge in [0.1, 0.15) is 17.7 Å². The van der Waals surface area contributed by atoms with Crippen molar-refractivity contribution < 1.29 is 9.18 Å². The van der Waals surface area contributed by atoms with Crippen molar-refractivity contribution >= 4 is 11.7 Å². The van der Waals surface area contributed by atoms with E-state index in [1.165, 1.54) is 24.0 Å². The zero-order valence-corrected chi connectivity index (χ0v) is 12.3. The maximum atomic E-state index is 13.1. The van der Waals surface area contributed by atoms with E-state index in [4.69, 9.17) is 5.73 Å². The Morgan fingerprint density at radius 1 is 1.36 bits per heavy atom. The monoisotopic (exact) mass is 301 g/mol. The summed E-state index contributed by atoms with van der Waals surface area (Å²) in [4.78, 5) is 17.7. The number of amidine groups is 1. The van der Waals surface area contributed by atoms with Gasteiger partial charge in [-0.15, -0.1) is 0 Å². The maximum Gasteiger partial charge on any atom is 0.225 e. The van der Waals surface area contributed by atoms with Crippen molar-refractivity contribution in [1.82, 2.24) is 14.7 Å². The smallest absolute Gasteiger partial charge is 0.225 e. The third kappa shape index (κ3) is 2.50. The topological polar surface area (TPSA) is 76.5 Å². The number of halogens is 1. The minimum atomic E-state index is -0.448. The second kappa shape index (κ2) is 5.34. The van der Waals surface area contributed by atoms with Crippen LogP contribution in [0.25, 0.3) is 5.69 Å². The first-order valence-electron chi connectivity index (χ1n) is 6.90. The molecule has 0 saturated carbocycles. The molecule has 114 valence electrons. The average Bonchev–Trinajstić information content (AvgIpc) is 3.03. The van der Waals surface area contributed by atoms with Gasteiger partial charge in [0.05, 0.1) is 17.9 Å². The molecule has 22 heavy (non-hydrogen) atoms. The summed E-state index contributed by atoms with van der Waals surface area (Å²) in [5.41, 5.74) is 7.97. The van der Waals surface area contributed by atoms with Gasteiger partial charge in [0.15, 0.2) is 5.84 Å². The van der Waals surface area contributed by atoms with Crippen LogP contribution in [0.1, 0.15) is 18.3 Å². The van der Waals surface area contributed by atoms with Gasteiger partial charge in [-0.2, -0.15) is 5.10 Å². The lowest BCUT2D eigenvalue weighted by Gasteiger charge is -2.17. The Bertz CT molecular complexity index is 750. The number of carbonyl (C=O) groups excluding carboxylic acids is 1. The van der Waals surface area contributed by atoms with Gasteiger partial charge in [0.2, 0.25) is 5.91 Å². The summed E-state index contributed by atoms with van der Waals surface area (Å²) in [7, 11) is 0. The molecule has 0 saturated heterocycles. The number of aryl methyl sites for hydroxylation is 1. The van der Waals surface area contributed by atoms with Gasteiger partial charge in [-0.05, 0) is 37.3 Å². The van der Waals surface area contributed by atoms with Crippen LogP contribution >= 0.6 is 0 Å². The molecule has 0 fully saturated rings. The highest BCUT2D eigenvalue weighted by Gasteiger charge is 2.29. The van der Waals surface area contributed by atoms with Gasteiger partial charge >= 0.3 is 0 Å².